The molecule has 15 heavy (non-hydrogen) atoms. The van der Waals surface area contributed by atoms with Gasteiger partial charge in [-0.1, -0.05) is 13.8 Å². The molecule has 1 atom stereocenters. The lowest BCUT2D eigenvalue weighted by Gasteiger charge is -2.12. The molecule has 0 saturated heterocycles. The van der Waals surface area contributed by atoms with Crippen LogP contribution in [0.4, 0.5) is 0 Å². The molecule has 3 nitrogen and oxygen atoms in total. The van der Waals surface area contributed by atoms with E-state index in [1.807, 2.05) is 11.6 Å². The van der Waals surface area contributed by atoms with Gasteiger partial charge in [0, 0.05) is 30.6 Å². The Bertz CT molecular complexity index is 285. The van der Waals surface area contributed by atoms with Crippen LogP contribution in [0.5, 0.6) is 0 Å². The van der Waals surface area contributed by atoms with Crippen LogP contribution in [0.15, 0.2) is 11.6 Å². The van der Waals surface area contributed by atoms with Gasteiger partial charge in [0.2, 0.25) is 0 Å². The Hall–Kier alpha value is -0.680. The average Bonchev–Trinajstić information content (AvgIpc) is 2.76. The Morgan fingerprint density at radius 2 is 2.40 bits per heavy atom. The second kappa shape index (κ2) is 6.74. The SMILES string of the molecule is CCCNC(=S)NCC(C)c1nccs1. The number of aromatic nitrogens is 1. The van der Waals surface area contributed by atoms with E-state index in [9.17, 15) is 0 Å². The largest absolute Gasteiger partial charge is 0.363 e. The molecular formula is C10H17N3S2. The molecule has 0 bridgehead atoms. The molecule has 5 heteroatoms. The van der Waals surface area contributed by atoms with E-state index >= 15 is 0 Å². The Kier molecular flexibility index (Phi) is 5.57. The van der Waals surface area contributed by atoms with Crippen molar-refractivity contribution in [3.05, 3.63) is 16.6 Å². The van der Waals surface area contributed by atoms with Gasteiger partial charge in [0.05, 0.1) is 5.01 Å². The number of hydrogen-bond acceptors (Lipinski definition) is 3. The molecule has 0 aliphatic rings. The van der Waals surface area contributed by atoms with Crippen LogP contribution in [0, 0.1) is 0 Å². The van der Waals surface area contributed by atoms with Gasteiger partial charge in [0.1, 0.15) is 0 Å². The first-order valence-electron chi connectivity index (χ1n) is 5.15. The van der Waals surface area contributed by atoms with Crippen molar-refractivity contribution in [3.8, 4) is 0 Å². The highest BCUT2D eigenvalue weighted by atomic mass is 32.1. The molecule has 0 amide bonds. The summed E-state index contributed by atoms with van der Waals surface area (Å²) in [6.07, 6.45) is 2.92. The van der Waals surface area contributed by atoms with Gasteiger partial charge in [-0.3, -0.25) is 0 Å². The second-order valence-corrected chi connectivity index (χ2v) is 4.74. The van der Waals surface area contributed by atoms with Crippen molar-refractivity contribution in [2.75, 3.05) is 13.1 Å². The highest BCUT2D eigenvalue weighted by molar-refractivity contribution is 7.80. The fraction of sp³-hybridized carbons (Fsp3) is 0.600. The Balaban J connectivity index is 2.22. The lowest BCUT2D eigenvalue weighted by molar-refractivity contribution is 0.700. The van der Waals surface area contributed by atoms with E-state index in [-0.39, 0.29) is 0 Å². The zero-order chi connectivity index (χ0) is 11.1. The van der Waals surface area contributed by atoms with E-state index in [0.29, 0.717) is 5.92 Å². The maximum absolute atomic E-state index is 5.13. The first-order chi connectivity index (χ1) is 7.24. The van der Waals surface area contributed by atoms with Gasteiger partial charge in [-0.15, -0.1) is 11.3 Å². The summed E-state index contributed by atoms with van der Waals surface area (Å²) in [6, 6.07) is 0. The number of nitrogens with zero attached hydrogens (tertiary/aromatic N) is 1. The molecule has 1 aromatic heterocycles. The molecule has 0 aromatic carbocycles. The maximum Gasteiger partial charge on any atom is 0.166 e. The number of hydrogen-bond donors (Lipinski definition) is 2. The van der Waals surface area contributed by atoms with Gasteiger partial charge in [-0.05, 0) is 18.6 Å². The Morgan fingerprint density at radius 1 is 1.60 bits per heavy atom. The smallest absolute Gasteiger partial charge is 0.166 e. The third kappa shape index (κ3) is 4.57. The topological polar surface area (TPSA) is 37.0 Å². The summed E-state index contributed by atoms with van der Waals surface area (Å²) >= 11 is 6.81. The van der Waals surface area contributed by atoms with Gasteiger partial charge >= 0.3 is 0 Å². The fourth-order valence-corrected chi connectivity index (χ4v) is 2.00. The van der Waals surface area contributed by atoms with Crippen molar-refractivity contribution in [1.29, 1.82) is 0 Å². The average molecular weight is 243 g/mol. The van der Waals surface area contributed by atoms with Gasteiger partial charge in [-0.2, -0.15) is 0 Å². The van der Waals surface area contributed by atoms with Crippen molar-refractivity contribution >= 4 is 28.7 Å². The molecule has 0 fully saturated rings. The maximum atomic E-state index is 5.13. The van der Waals surface area contributed by atoms with Gasteiger partial charge < -0.3 is 10.6 Å². The van der Waals surface area contributed by atoms with Crippen molar-refractivity contribution in [1.82, 2.24) is 15.6 Å². The number of thiazole rings is 1. The first-order valence-corrected chi connectivity index (χ1v) is 6.44. The minimum absolute atomic E-state index is 0.409. The molecule has 0 spiro atoms. The van der Waals surface area contributed by atoms with Crippen LogP contribution in [0.3, 0.4) is 0 Å². The summed E-state index contributed by atoms with van der Waals surface area (Å²) in [5.74, 6) is 0.409. The summed E-state index contributed by atoms with van der Waals surface area (Å²) in [6.45, 7) is 6.03. The normalized spacial score (nSPS) is 12.1. The number of nitrogens with one attached hydrogen (secondary N) is 2. The van der Waals surface area contributed by atoms with Crippen molar-refractivity contribution in [2.24, 2.45) is 0 Å². The molecule has 1 heterocycles. The Morgan fingerprint density at radius 3 is 3.00 bits per heavy atom. The lowest BCUT2D eigenvalue weighted by Crippen LogP contribution is -2.37. The van der Waals surface area contributed by atoms with E-state index in [4.69, 9.17) is 12.2 Å². The number of rotatable bonds is 5. The summed E-state index contributed by atoms with van der Waals surface area (Å²) < 4.78 is 0. The van der Waals surface area contributed by atoms with E-state index in [0.717, 1.165) is 29.6 Å². The quantitative estimate of drug-likeness (QED) is 0.777. The van der Waals surface area contributed by atoms with E-state index < -0.39 is 0 Å². The first kappa shape index (κ1) is 12.4. The van der Waals surface area contributed by atoms with Gasteiger partial charge in [0.15, 0.2) is 5.11 Å². The van der Waals surface area contributed by atoms with Crippen molar-refractivity contribution in [2.45, 2.75) is 26.2 Å². The molecule has 2 N–H and O–H groups in total. The van der Waals surface area contributed by atoms with Crippen LogP contribution in [0.1, 0.15) is 31.2 Å². The van der Waals surface area contributed by atoms with Crippen molar-refractivity contribution in [3.63, 3.8) is 0 Å². The molecular weight excluding hydrogens is 226 g/mol. The molecule has 0 radical (unpaired) electrons. The highest BCUT2D eigenvalue weighted by Crippen LogP contribution is 2.16. The van der Waals surface area contributed by atoms with Gasteiger partial charge in [0.25, 0.3) is 0 Å². The van der Waals surface area contributed by atoms with Crippen LogP contribution < -0.4 is 10.6 Å². The van der Waals surface area contributed by atoms with E-state index in [1.165, 1.54) is 0 Å². The predicted molar refractivity (Wildman–Crippen MR) is 69.4 cm³/mol. The van der Waals surface area contributed by atoms with Gasteiger partial charge in [-0.25, -0.2) is 4.98 Å². The highest BCUT2D eigenvalue weighted by Gasteiger charge is 2.07. The summed E-state index contributed by atoms with van der Waals surface area (Å²) in [5.41, 5.74) is 0. The number of thiocarbonyl (C=S) groups is 1. The zero-order valence-corrected chi connectivity index (χ0v) is 10.8. The molecule has 1 aromatic rings. The summed E-state index contributed by atoms with van der Waals surface area (Å²) in [4.78, 5) is 4.27. The molecule has 0 saturated carbocycles. The van der Waals surface area contributed by atoms with Crippen LogP contribution >= 0.6 is 23.6 Å². The molecule has 0 aliphatic heterocycles. The third-order valence-electron chi connectivity index (χ3n) is 1.98. The van der Waals surface area contributed by atoms with Crippen LogP contribution in [-0.2, 0) is 0 Å². The Labute approximate surface area is 100 Å². The minimum Gasteiger partial charge on any atom is -0.363 e. The van der Waals surface area contributed by atoms with Crippen LogP contribution in [0.25, 0.3) is 0 Å². The molecule has 0 aliphatic carbocycles. The van der Waals surface area contributed by atoms with Crippen LogP contribution in [0.2, 0.25) is 0 Å². The molecule has 1 rings (SSSR count). The van der Waals surface area contributed by atoms with E-state index in [2.05, 4.69) is 29.5 Å². The monoisotopic (exact) mass is 243 g/mol. The summed E-state index contributed by atoms with van der Waals surface area (Å²) in [5, 5.41) is 10.2. The van der Waals surface area contributed by atoms with Crippen LogP contribution in [-0.4, -0.2) is 23.2 Å². The minimum atomic E-state index is 0.409. The third-order valence-corrected chi connectivity index (χ3v) is 3.27. The zero-order valence-electron chi connectivity index (χ0n) is 9.12. The lowest BCUT2D eigenvalue weighted by atomic mass is 10.2. The molecule has 1 unspecified atom stereocenters. The van der Waals surface area contributed by atoms with Crippen molar-refractivity contribution < 1.29 is 0 Å². The molecule has 84 valence electrons. The second-order valence-electron chi connectivity index (χ2n) is 3.41. The van der Waals surface area contributed by atoms with E-state index in [1.54, 1.807) is 11.3 Å². The standard InChI is InChI=1S/C10H17N3S2/c1-3-4-12-10(14)13-7-8(2)9-11-5-6-15-9/h5-6,8H,3-4,7H2,1-2H3,(H2,12,13,14). The predicted octanol–water partition coefficient (Wildman–Crippen LogP) is 2.12. The fourth-order valence-electron chi connectivity index (χ4n) is 1.11. The summed E-state index contributed by atoms with van der Waals surface area (Å²) in [7, 11) is 0.